The van der Waals surface area contributed by atoms with Crippen LogP contribution in [0.2, 0.25) is 0 Å². The first-order chi connectivity index (χ1) is 12.4. The molecule has 26 heavy (non-hydrogen) atoms. The molecule has 0 aliphatic heterocycles. The van der Waals surface area contributed by atoms with Crippen LogP contribution in [-0.4, -0.2) is 30.3 Å². The standard InChI is InChI=1S/C20H23NO4S/c1-4-17-13(2)10-18(26-17)20(24)25-12-19(23)21-16(14(3)22)11-15-8-6-5-7-9-15/h5-10,16H,4,11-12H2,1-3H3,(H,21,23)/t16-/m0/s1. The van der Waals surface area contributed by atoms with Gasteiger partial charge in [0.15, 0.2) is 12.4 Å². The molecule has 5 nitrogen and oxygen atoms in total. The van der Waals surface area contributed by atoms with Crippen molar-refractivity contribution >= 4 is 29.0 Å². The molecular weight excluding hydrogens is 350 g/mol. The predicted molar refractivity (Wildman–Crippen MR) is 101 cm³/mol. The molecule has 0 saturated heterocycles. The molecule has 0 spiro atoms. The second kappa shape index (κ2) is 9.29. The molecule has 0 radical (unpaired) electrons. The summed E-state index contributed by atoms with van der Waals surface area (Å²) in [6, 6.07) is 10.6. The van der Waals surface area contributed by atoms with Crippen LogP contribution in [-0.2, 0) is 27.2 Å². The first-order valence-electron chi connectivity index (χ1n) is 8.50. The van der Waals surface area contributed by atoms with Gasteiger partial charge in [-0.3, -0.25) is 9.59 Å². The molecule has 1 heterocycles. The van der Waals surface area contributed by atoms with Gasteiger partial charge in [-0.15, -0.1) is 11.3 Å². The molecule has 2 rings (SSSR count). The van der Waals surface area contributed by atoms with Gasteiger partial charge in [-0.05, 0) is 43.9 Å². The van der Waals surface area contributed by atoms with Gasteiger partial charge in [0.25, 0.3) is 5.91 Å². The van der Waals surface area contributed by atoms with E-state index in [1.807, 2.05) is 44.2 Å². The zero-order chi connectivity index (χ0) is 19.1. The Bertz CT molecular complexity index is 782. The highest BCUT2D eigenvalue weighted by Crippen LogP contribution is 2.22. The maximum absolute atomic E-state index is 12.1. The van der Waals surface area contributed by atoms with Crippen molar-refractivity contribution in [1.82, 2.24) is 5.32 Å². The molecule has 0 fully saturated rings. The normalized spacial score (nSPS) is 11.7. The van der Waals surface area contributed by atoms with E-state index in [0.717, 1.165) is 22.4 Å². The fourth-order valence-electron chi connectivity index (χ4n) is 2.56. The Morgan fingerprint density at radius 1 is 1.19 bits per heavy atom. The first kappa shape index (κ1) is 19.8. The van der Waals surface area contributed by atoms with E-state index >= 15 is 0 Å². The lowest BCUT2D eigenvalue weighted by Crippen LogP contribution is -2.43. The van der Waals surface area contributed by atoms with Crippen LogP contribution in [0.5, 0.6) is 0 Å². The van der Waals surface area contributed by atoms with Gasteiger partial charge >= 0.3 is 5.97 Å². The molecule has 138 valence electrons. The number of hydrogen-bond acceptors (Lipinski definition) is 5. The summed E-state index contributed by atoms with van der Waals surface area (Å²) >= 11 is 1.38. The van der Waals surface area contributed by atoms with Crippen molar-refractivity contribution in [2.24, 2.45) is 0 Å². The number of ketones is 1. The Kier molecular flexibility index (Phi) is 7.09. The number of esters is 1. The number of nitrogens with one attached hydrogen (secondary N) is 1. The van der Waals surface area contributed by atoms with Gasteiger partial charge in [-0.1, -0.05) is 37.3 Å². The summed E-state index contributed by atoms with van der Waals surface area (Å²) in [6.07, 6.45) is 1.25. The van der Waals surface area contributed by atoms with Gasteiger partial charge in [-0.25, -0.2) is 4.79 Å². The van der Waals surface area contributed by atoms with E-state index in [-0.39, 0.29) is 5.78 Å². The molecule has 0 aliphatic carbocycles. The van der Waals surface area contributed by atoms with Gasteiger partial charge < -0.3 is 10.1 Å². The van der Waals surface area contributed by atoms with Crippen molar-refractivity contribution in [1.29, 1.82) is 0 Å². The fourth-order valence-corrected chi connectivity index (χ4v) is 3.56. The second-order valence-electron chi connectivity index (χ2n) is 6.07. The van der Waals surface area contributed by atoms with Gasteiger partial charge in [0.2, 0.25) is 0 Å². The molecule has 1 atom stereocenters. The van der Waals surface area contributed by atoms with E-state index in [1.54, 1.807) is 6.07 Å². The average molecular weight is 373 g/mol. The number of hydrogen-bond donors (Lipinski definition) is 1. The average Bonchev–Trinajstić information content (AvgIpc) is 3.01. The van der Waals surface area contributed by atoms with Gasteiger partial charge in [0.05, 0.1) is 6.04 Å². The summed E-state index contributed by atoms with van der Waals surface area (Å²) in [5.74, 6) is -1.15. The van der Waals surface area contributed by atoms with Gasteiger partial charge in [0.1, 0.15) is 4.88 Å². The zero-order valence-corrected chi connectivity index (χ0v) is 16.0. The highest BCUT2D eigenvalue weighted by Gasteiger charge is 2.19. The highest BCUT2D eigenvalue weighted by molar-refractivity contribution is 7.14. The Morgan fingerprint density at radius 2 is 1.88 bits per heavy atom. The Labute approximate surface area is 157 Å². The number of carbonyl (C=O) groups is 3. The third-order valence-corrected chi connectivity index (χ3v) is 5.35. The van der Waals surface area contributed by atoms with Crippen molar-refractivity contribution in [2.75, 3.05) is 6.61 Å². The molecule has 0 bridgehead atoms. The Hall–Kier alpha value is -2.47. The van der Waals surface area contributed by atoms with Gasteiger partial charge in [-0.2, -0.15) is 0 Å². The first-order valence-corrected chi connectivity index (χ1v) is 9.32. The minimum Gasteiger partial charge on any atom is -0.451 e. The minimum atomic E-state index is -0.640. The van der Waals surface area contributed by atoms with Crippen molar-refractivity contribution in [2.45, 2.75) is 39.7 Å². The predicted octanol–water partition coefficient (Wildman–Crippen LogP) is 3.09. The molecule has 1 aromatic heterocycles. The summed E-state index contributed by atoms with van der Waals surface area (Å²) in [7, 11) is 0. The van der Waals surface area contributed by atoms with Crippen LogP contribution in [0.1, 0.15) is 39.5 Å². The molecule has 0 saturated carbocycles. The van der Waals surface area contributed by atoms with Crippen LogP contribution in [0.15, 0.2) is 36.4 Å². The number of Topliss-reactive ketones (excluding diaryl/α,β-unsaturated/α-hetero) is 1. The number of rotatable bonds is 8. The third kappa shape index (κ3) is 5.52. The topological polar surface area (TPSA) is 72.5 Å². The van der Waals surface area contributed by atoms with Crippen molar-refractivity contribution in [3.63, 3.8) is 0 Å². The van der Waals surface area contributed by atoms with Crippen molar-refractivity contribution in [3.8, 4) is 0 Å². The SMILES string of the molecule is CCc1sc(C(=O)OCC(=O)N[C@@H](Cc2ccccc2)C(C)=O)cc1C. The quantitative estimate of drug-likeness (QED) is 0.722. The third-order valence-electron chi connectivity index (χ3n) is 3.99. The molecule has 2 aromatic rings. The van der Waals surface area contributed by atoms with E-state index in [4.69, 9.17) is 4.74 Å². The number of aryl methyl sites for hydroxylation is 2. The second-order valence-corrected chi connectivity index (χ2v) is 7.20. The van der Waals surface area contributed by atoms with Crippen LogP contribution in [0, 0.1) is 6.92 Å². The number of thiophene rings is 1. The maximum Gasteiger partial charge on any atom is 0.348 e. The zero-order valence-electron chi connectivity index (χ0n) is 15.2. The van der Waals surface area contributed by atoms with E-state index in [0.29, 0.717) is 11.3 Å². The number of amides is 1. The highest BCUT2D eigenvalue weighted by atomic mass is 32.1. The fraction of sp³-hybridized carbons (Fsp3) is 0.350. The van der Waals surface area contributed by atoms with Crippen LogP contribution in [0.4, 0.5) is 0 Å². The molecule has 1 aromatic carbocycles. The van der Waals surface area contributed by atoms with Crippen LogP contribution in [0.3, 0.4) is 0 Å². The minimum absolute atomic E-state index is 0.144. The molecule has 1 amide bonds. The van der Waals surface area contributed by atoms with E-state index in [1.165, 1.54) is 18.3 Å². The Morgan fingerprint density at radius 3 is 2.46 bits per heavy atom. The van der Waals surface area contributed by atoms with E-state index < -0.39 is 24.5 Å². The number of benzene rings is 1. The maximum atomic E-state index is 12.1. The summed E-state index contributed by atoms with van der Waals surface area (Å²) in [5.41, 5.74) is 2.00. The largest absolute Gasteiger partial charge is 0.451 e. The lowest BCUT2D eigenvalue weighted by Gasteiger charge is -2.16. The van der Waals surface area contributed by atoms with Crippen LogP contribution >= 0.6 is 11.3 Å². The lowest BCUT2D eigenvalue weighted by molar-refractivity contribution is -0.128. The van der Waals surface area contributed by atoms with Crippen molar-refractivity contribution in [3.05, 3.63) is 57.3 Å². The lowest BCUT2D eigenvalue weighted by atomic mass is 10.0. The van der Waals surface area contributed by atoms with E-state index in [2.05, 4.69) is 5.32 Å². The number of ether oxygens (including phenoxy) is 1. The summed E-state index contributed by atoms with van der Waals surface area (Å²) < 4.78 is 5.08. The molecule has 0 unspecified atom stereocenters. The van der Waals surface area contributed by atoms with Crippen molar-refractivity contribution < 1.29 is 19.1 Å². The molecule has 6 heteroatoms. The van der Waals surface area contributed by atoms with Gasteiger partial charge in [0, 0.05) is 4.88 Å². The summed E-state index contributed by atoms with van der Waals surface area (Å²) in [5, 5.41) is 2.64. The van der Waals surface area contributed by atoms with E-state index in [9.17, 15) is 14.4 Å². The Balaban J connectivity index is 1.89. The summed E-state index contributed by atoms with van der Waals surface area (Å²) in [4.78, 5) is 37.6. The smallest absolute Gasteiger partial charge is 0.348 e. The van der Waals surface area contributed by atoms with Crippen LogP contribution < -0.4 is 5.32 Å². The molecule has 0 aliphatic rings. The number of carbonyl (C=O) groups excluding carboxylic acids is 3. The molecule has 1 N–H and O–H groups in total. The van der Waals surface area contributed by atoms with Crippen LogP contribution in [0.25, 0.3) is 0 Å². The summed E-state index contributed by atoms with van der Waals surface area (Å²) in [6.45, 7) is 4.99. The molecular formula is C20H23NO4S. The monoisotopic (exact) mass is 373 g/mol.